The van der Waals surface area contributed by atoms with E-state index in [0.717, 1.165) is 23.8 Å². The minimum absolute atomic E-state index is 0.0493. The van der Waals surface area contributed by atoms with Gasteiger partial charge in [-0.3, -0.25) is 19.6 Å². The standard InChI is InChI=1S/C21H14BrCl2FN6O4/c22-14-10-30(9-12-1-3-15(23)16(24)7-12)28-20(14)26-21(32)17-5-6-29(27-17)11-35-19-8-13(25)2-4-18(19)31(33)34/h1-8,10H,9,11H2,(H,26,28,32). The summed E-state index contributed by atoms with van der Waals surface area (Å²) in [6, 6.07) is 9.53. The summed E-state index contributed by atoms with van der Waals surface area (Å²) in [4.78, 5) is 23.0. The Bertz CT molecular complexity index is 1430. The van der Waals surface area contributed by atoms with Crippen LogP contribution in [0.5, 0.6) is 5.75 Å². The molecule has 2 heterocycles. The number of carbonyl (C=O) groups excluding carboxylic acids is 1. The van der Waals surface area contributed by atoms with Crippen LogP contribution in [-0.4, -0.2) is 30.4 Å². The molecule has 0 saturated heterocycles. The van der Waals surface area contributed by atoms with Gasteiger partial charge in [0.25, 0.3) is 5.91 Å². The van der Waals surface area contributed by atoms with Crippen molar-refractivity contribution in [2.75, 3.05) is 5.32 Å². The van der Waals surface area contributed by atoms with Gasteiger partial charge in [0.2, 0.25) is 5.75 Å². The molecule has 10 nitrogen and oxygen atoms in total. The second-order valence-corrected chi connectivity index (χ2v) is 8.78. The number of anilines is 1. The highest BCUT2D eigenvalue weighted by Crippen LogP contribution is 2.28. The normalized spacial score (nSPS) is 10.9. The van der Waals surface area contributed by atoms with E-state index in [1.165, 1.54) is 16.9 Å². The highest BCUT2D eigenvalue weighted by atomic mass is 79.9. The molecule has 0 bridgehead atoms. The molecule has 0 aliphatic heterocycles. The molecule has 1 amide bonds. The third-order valence-corrected chi connectivity index (χ3v) is 5.94. The number of nitrogens with one attached hydrogen (secondary N) is 1. The Balaban J connectivity index is 1.40. The molecule has 0 aliphatic rings. The van der Waals surface area contributed by atoms with Crippen molar-refractivity contribution in [3.8, 4) is 5.75 Å². The molecular weight excluding hydrogens is 570 g/mol. The molecule has 0 unspecified atom stereocenters. The molecule has 0 aliphatic carbocycles. The van der Waals surface area contributed by atoms with Crippen LogP contribution in [0.4, 0.5) is 15.9 Å². The molecule has 35 heavy (non-hydrogen) atoms. The summed E-state index contributed by atoms with van der Waals surface area (Å²) in [6.07, 6.45) is 3.13. The number of aromatic nitrogens is 4. The highest BCUT2D eigenvalue weighted by Gasteiger charge is 2.18. The SMILES string of the molecule is O=C(Nc1nn(Cc2ccc(Cl)c(Cl)c2)cc1Br)c1ccn(COc2cc(F)ccc2[N+](=O)[O-])n1. The van der Waals surface area contributed by atoms with Gasteiger partial charge in [0.05, 0.1) is 26.0 Å². The van der Waals surface area contributed by atoms with E-state index < -0.39 is 22.3 Å². The fourth-order valence-corrected chi connectivity index (χ4v) is 3.74. The van der Waals surface area contributed by atoms with Crippen molar-refractivity contribution < 1.29 is 18.8 Å². The van der Waals surface area contributed by atoms with Crippen molar-refractivity contribution in [3.63, 3.8) is 0 Å². The van der Waals surface area contributed by atoms with Crippen molar-refractivity contribution in [1.82, 2.24) is 19.6 Å². The molecule has 0 spiro atoms. The average Bonchev–Trinajstić information content (AvgIpc) is 3.41. The van der Waals surface area contributed by atoms with Gasteiger partial charge in [0, 0.05) is 24.5 Å². The van der Waals surface area contributed by atoms with E-state index in [2.05, 4.69) is 31.4 Å². The molecule has 0 atom stereocenters. The zero-order valence-electron chi connectivity index (χ0n) is 17.5. The zero-order chi connectivity index (χ0) is 25.1. The Morgan fingerprint density at radius 1 is 1.14 bits per heavy atom. The maximum absolute atomic E-state index is 13.4. The number of hydrogen-bond donors (Lipinski definition) is 1. The first kappa shape index (κ1) is 24.6. The van der Waals surface area contributed by atoms with E-state index in [4.69, 9.17) is 27.9 Å². The van der Waals surface area contributed by atoms with Gasteiger partial charge in [-0.05, 0) is 45.8 Å². The van der Waals surface area contributed by atoms with E-state index in [1.54, 1.807) is 23.0 Å². The number of hydrogen-bond acceptors (Lipinski definition) is 6. The molecule has 0 radical (unpaired) electrons. The van der Waals surface area contributed by atoms with Gasteiger partial charge in [0.1, 0.15) is 5.82 Å². The molecule has 0 saturated carbocycles. The van der Waals surface area contributed by atoms with Gasteiger partial charge in [-0.1, -0.05) is 29.3 Å². The van der Waals surface area contributed by atoms with Crippen molar-refractivity contribution >= 4 is 56.5 Å². The van der Waals surface area contributed by atoms with Gasteiger partial charge < -0.3 is 10.1 Å². The van der Waals surface area contributed by atoms with Crippen LogP contribution in [0.1, 0.15) is 16.1 Å². The van der Waals surface area contributed by atoms with Crippen molar-refractivity contribution in [1.29, 1.82) is 0 Å². The molecule has 1 N–H and O–H groups in total. The zero-order valence-corrected chi connectivity index (χ0v) is 20.6. The van der Waals surface area contributed by atoms with Crippen LogP contribution in [0.3, 0.4) is 0 Å². The van der Waals surface area contributed by atoms with Crippen LogP contribution in [0.25, 0.3) is 0 Å². The highest BCUT2D eigenvalue weighted by molar-refractivity contribution is 9.10. The second kappa shape index (κ2) is 10.4. The Morgan fingerprint density at radius 2 is 1.94 bits per heavy atom. The quantitative estimate of drug-likeness (QED) is 0.215. The number of rotatable bonds is 8. The fourth-order valence-electron chi connectivity index (χ4n) is 3.00. The second-order valence-electron chi connectivity index (χ2n) is 7.11. The van der Waals surface area contributed by atoms with Crippen LogP contribution >= 0.6 is 39.1 Å². The van der Waals surface area contributed by atoms with Crippen molar-refractivity contribution in [2.45, 2.75) is 13.3 Å². The predicted molar refractivity (Wildman–Crippen MR) is 129 cm³/mol. The number of benzene rings is 2. The first-order chi connectivity index (χ1) is 16.7. The van der Waals surface area contributed by atoms with Gasteiger partial charge in [-0.2, -0.15) is 10.2 Å². The molecule has 2 aromatic carbocycles. The number of halogens is 4. The Labute approximate surface area is 215 Å². The number of amides is 1. The van der Waals surface area contributed by atoms with Gasteiger partial charge >= 0.3 is 5.69 Å². The van der Waals surface area contributed by atoms with Crippen LogP contribution < -0.4 is 10.1 Å². The lowest BCUT2D eigenvalue weighted by atomic mass is 10.2. The molecule has 4 aromatic rings. The summed E-state index contributed by atoms with van der Waals surface area (Å²) in [6.45, 7) is 0.114. The number of ether oxygens (including phenoxy) is 1. The lowest BCUT2D eigenvalue weighted by molar-refractivity contribution is -0.386. The summed E-state index contributed by atoms with van der Waals surface area (Å²) in [5.74, 6) is -1.21. The fraction of sp³-hybridized carbons (Fsp3) is 0.0952. The molecule has 0 fully saturated rings. The number of nitro benzene ring substituents is 1. The molecule has 4 rings (SSSR count). The third kappa shape index (κ3) is 5.96. The number of carbonyl (C=O) groups is 1. The smallest absolute Gasteiger partial charge is 0.311 e. The summed E-state index contributed by atoms with van der Waals surface area (Å²) in [7, 11) is 0. The maximum atomic E-state index is 13.4. The van der Waals surface area contributed by atoms with Crippen LogP contribution in [-0.2, 0) is 13.3 Å². The Hall–Kier alpha value is -3.48. The summed E-state index contributed by atoms with van der Waals surface area (Å²) >= 11 is 15.3. The average molecular weight is 584 g/mol. The monoisotopic (exact) mass is 582 g/mol. The van der Waals surface area contributed by atoms with Crippen LogP contribution in [0.2, 0.25) is 10.0 Å². The van der Waals surface area contributed by atoms with E-state index in [9.17, 15) is 19.3 Å². The summed E-state index contributed by atoms with van der Waals surface area (Å²) in [5.41, 5.74) is 0.524. The van der Waals surface area contributed by atoms with E-state index in [1.807, 2.05) is 6.07 Å². The molecule has 2 aromatic heterocycles. The first-order valence-corrected chi connectivity index (χ1v) is 11.3. The number of nitro groups is 1. The van der Waals surface area contributed by atoms with E-state index in [-0.39, 0.29) is 24.0 Å². The topological polar surface area (TPSA) is 117 Å². The Kier molecular flexibility index (Phi) is 7.34. The van der Waals surface area contributed by atoms with E-state index >= 15 is 0 Å². The summed E-state index contributed by atoms with van der Waals surface area (Å²) < 4.78 is 22.2. The maximum Gasteiger partial charge on any atom is 0.311 e. The van der Waals surface area contributed by atoms with Gasteiger partial charge in [0.15, 0.2) is 18.2 Å². The van der Waals surface area contributed by atoms with Crippen LogP contribution in [0, 0.1) is 15.9 Å². The Morgan fingerprint density at radius 3 is 2.69 bits per heavy atom. The van der Waals surface area contributed by atoms with Gasteiger partial charge in [-0.15, -0.1) is 0 Å². The van der Waals surface area contributed by atoms with Crippen molar-refractivity contribution in [2.24, 2.45) is 0 Å². The van der Waals surface area contributed by atoms with E-state index in [0.29, 0.717) is 21.1 Å². The predicted octanol–water partition coefficient (Wildman–Crippen LogP) is 5.53. The first-order valence-electron chi connectivity index (χ1n) is 9.78. The van der Waals surface area contributed by atoms with Crippen LogP contribution in [0.15, 0.2) is 59.3 Å². The summed E-state index contributed by atoms with van der Waals surface area (Å²) in [5, 5.41) is 23.0. The molecule has 180 valence electrons. The third-order valence-electron chi connectivity index (χ3n) is 4.62. The lowest BCUT2D eigenvalue weighted by Crippen LogP contribution is -2.15. The number of nitrogens with zero attached hydrogens (tertiary/aromatic N) is 5. The van der Waals surface area contributed by atoms with Gasteiger partial charge in [-0.25, -0.2) is 9.07 Å². The molecule has 14 heteroatoms. The van der Waals surface area contributed by atoms with Crippen molar-refractivity contribution in [3.05, 3.63) is 96.6 Å². The minimum atomic E-state index is -0.685. The lowest BCUT2D eigenvalue weighted by Gasteiger charge is -2.07. The molecular formula is C21H14BrCl2FN6O4. The largest absolute Gasteiger partial charge is 0.464 e. The minimum Gasteiger partial charge on any atom is -0.464 e.